The molecule has 0 unspecified atom stereocenters. The van der Waals surface area contributed by atoms with Crippen LogP contribution in [0.3, 0.4) is 0 Å². The normalized spacial score (nSPS) is 11.5. The van der Waals surface area contributed by atoms with Gasteiger partial charge in [-0.1, -0.05) is 12.1 Å². The van der Waals surface area contributed by atoms with Gasteiger partial charge in [-0.25, -0.2) is 4.39 Å². The number of hydrogen-bond donors (Lipinski definition) is 1. The highest BCUT2D eigenvalue weighted by Gasteiger charge is 2.20. The summed E-state index contributed by atoms with van der Waals surface area (Å²) in [5.74, 6) is -2.10. The number of benzene rings is 2. The molecule has 130 valence electrons. The first-order chi connectivity index (χ1) is 11.9. The quantitative estimate of drug-likeness (QED) is 0.589. The van der Waals surface area contributed by atoms with Crippen LogP contribution < -0.4 is 5.32 Å². The molecule has 5 nitrogen and oxygen atoms in total. The number of rotatable bonds is 6. The number of amides is 1. The summed E-state index contributed by atoms with van der Waals surface area (Å²) in [5, 5.41) is 2.43. The van der Waals surface area contributed by atoms with Crippen molar-refractivity contribution in [3.05, 3.63) is 69.9 Å². The number of carbonyl (C=O) groups is 3. The van der Waals surface area contributed by atoms with Crippen LogP contribution in [0.5, 0.6) is 0 Å². The van der Waals surface area contributed by atoms with E-state index in [4.69, 9.17) is 4.74 Å². The standard InChI is InChI=1S/C18H15BrFNO4/c1-11(17(23)12-6-8-13(20)9-7-12)25-16(22)10-21-18(24)14-4-2-3-5-15(14)19/h2-9,11H,10H2,1H3,(H,21,24)/t11-/m1/s1. The van der Waals surface area contributed by atoms with Crippen LogP contribution in [-0.2, 0) is 9.53 Å². The van der Waals surface area contributed by atoms with E-state index in [2.05, 4.69) is 21.2 Å². The van der Waals surface area contributed by atoms with Crippen molar-refractivity contribution in [3.8, 4) is 0 Å². The molecule has 25 heavy (non-hydrogen) atoms. The van der Waals surface area contributed by atoms with Gasteiger partial charge in [0.25, 0.3) is 5.91 Å². The summed E-state index contributed by atoms with van der Waals surface area (Å²) in [5.41, 5.74) is 0.615. The summed E-state index contributed by atoms with van der Waals surface area (Å²) in [7, 11) is 0. The smallest absolute Gasteiger partial charge is 0.326 e. The second-order valence-electron chi connectivity index (χ2n) is 5.17. The first-order valence-electron chi connectivity index (χ1n) is 7.40. The van der Waals surface area contributed by atoms with E-state index in [1.54, 1.807) is 24.3 Å². The number of ether oxygens (including phenoxy) is 1. The second kappa shape index (κ2) is 8.53. The van der Waals surface area contributed by atoms with Crippen LogP contribution in [0, 0.1) is 5.82 Å². The Labute approximate surface area is 152 Å². The largest absolute Gasteiger partial charge is 0.453 e. The van der Waals surface area contributed by atoms with Crippen molar-refractivity contribution in [2.24, 2.45) is 0 Å². The second-order valence-corrected chi connectivity index (χ2v) is 6.02. The van der Waals surface area contributed by atoms with Crippen molar-refractivity contribution in [1.29, 1.82) is 0 Å². The zero-order valence-electron chi connectivity index (χ0n) is 13.3. The Morgan fingerprint density at radius 3 is 2.40 bits per heavy atom. The molecular weight excluding hydrogens is 393 g/mol. The molecule has 2 aromatic carbocycles. The Morgan fingerprint density at radius 1 is 1.12 bits per heavy atom. The van der Waals surface area contributed by atoms with Gasteiger partial charge in [0.1, 0.15) is 12.4 Å². The third-order valence-corrected chi connectivity index (χ3v) is 4.01. The van der Waals surface area contributed by atoms with Gasteiger partial charge in [0.05, 0.1) is 5.56 Å². The highest BCUT2D eigenvalue weighted by atomic mass is 79.9. The predicted molar refractivity (Wildman–Crippen MR) is 92.8 cm³/mol. The molecule has 0 aromatic heterocycles. The summed E-state index contributed by atoms with van der Waals surface area (Å²) in [6.07, 6.45) is -1.04. The van der Waals surface area contributed by atoms with Crippen molar-refractivity contribution in [2.75, 3.05) is 6.54 Å². The van der Waals surface area contributed by atoms with Crippen molar-refractivity contribution in [3.63, 3.8) is 0 Å². The molecule has 0 aliphatic carbocycles. The Kier molecular flexibility index (Phi) is 6.41. The first-order valence-corrected chi connectivity index (χ1v) is 8.20. The first kappa shape index (κ1) is 18.8. The lowest BCUT2D eigenvalue weighted by Gasteiger charge is -2.13. The molecule has 1 atom stereocenters. The van der Waals surface area contributed by atoms with E-state index in [-0.39, 0.29) is 12.1 Å². The summed E-state index contributed by atoms with van der Waals surface area (Å²) in [6.45, 7) is 1.04. The van der Waals surface area contributed by atoms with Crippen LogP contribution >= 0.6 is 15.9 Å². The maximum absolute atomic E-state index is 12.9. The van der Waals surface area contributed by atoms with Crippen molar-refractivity contribution in [2.45, 2.75) is 13.0 Å². The molecule has 0 fully saturated rings. The number of carbonyl (C=O) groups excluding carboxylic acids is 3. The van der Waals surface area contributed by atoms with E-state index in [1.165, 1.54) is 19.1 Å². The molecule has 1 N–H and O–H groups in total. The van der Waals surface area contributed by atoms with E-state index < -0.39 is 29.6 Å². The SMILES string of the molecule is C[C@@H](OC(=O)CNC(=O)c1ccccc1Br)C(=O)c1ccc(F)cc1. The number of esters is 1. The number of ketones is 1. The average molecular weight is 408 g/mol. The van der Waals surface area contributed by atoms with Gasteiger partial charge < -0.3 is 10.1 Å². The summed E-state index contributed by atoms with van der Waals surface area (Å²) in [6, 6.07) is 11.7. The molecule has 0 aliphatic heterocycles. The van der Waals surface area contributed by atoms with E-state index in [0.29, 0.717) is 10.0 Å². The minimum absolute atomic E-state index is 0.235. The lowest BCUT2D eigenvalue weighted by Crippen LogP contribution is -2.34. The van der Waals surface area contributed by atoms with Crippen molar-refractivity contribution >= 4 is 33.6 Å². The molecular formula is C18H15BrFNO4. The number of hydrogen-bond acceptors (Lipinski definition) is 4. The maximum atomic E-state index is 12.9. The molecule has 0 saturated heterocycles. The van der Waals surface area contributed by atoms with Crippen LogP contribution in [0.15, 0.2) is 53.0 Å². The molecule has 0 aliphatic rings. The highest BCUT2D eigenvalue weighted by Crippen LogP contribution is 2.15. The topological polar surface area (TPSA) is 72.5 Å². The third-order valence-electron chi connectivity index (χ3n) is 3.32. The van der Waals surface area contributed by atoms with Crippen LogP contribution in [-0.4, -0.2) is 30.3 Å². The summed E-state index contributed by atoms with van der Waals surface area (Å²) >= 11 is 3.25. The van der Waals surface area contributed by atoms with Gasteiger partial charge in [0.15, 0.2) is 6.10 Å². The lowest BCUT2D eigenvalue weighted by molar-refractivity contribution is -0.145. The van der Waals surface area contributed by atoms with Gasteiger partial charge in [-0.15, -0.1) is 0 Å². The van der Waals surface area contributed by atoms with Gasteiger partial charge in [-0.2, -0.15) is 0 Å². The summed E-state index contributed by atoms with van der Waals surface area (Å²) < 4.78 is 18.5. The highest BCUT2D eigenvalue weighted by molar-refractivity contribution is 9.10. The molecule has 2 aromatic rings. The van der Waals surface area contributed by atoms with Crippen LogP contribution in [0.25, 0.3) is 0 Å². The van der Waals surface area contributed by atoms with E-state index in [9.17, 15) is 18.8 Å². The van der Waals surface area contributed by atoms with E-state index >= 15 is 0 Å². The molecule has 2 rings (SSSR count). The number of nitrogens with one attached hydrogen (secondary N) is 1. The minimum atomic E-state index is -1.04. The van der Waals surface area contributed by atoms with Gasteiger partial charge in [-0.3, -0.25) is 14.4 Å². The molecule has 0 heterocycles. The van der Waals surface area contributed by atoms with Crippen LogP contribution in [0.4, 0.5) is 4.39 Å². The monoisotopic (exact) mass is 407 g/mol. The third kappa shape index (κ3) is 5.22. The van der Waals surface area contributed by atoms with Gasteiger partial charge >= 0.3 is 5.97 Å². The fraction of sp³-hybridized carbons (Fsp3) is 0.167. The molecule has 0 bridgehead atoms. The molecule has 0 spiro atoms. The van der Waals surface area contributed by atoms with Crippen molar-refractivity contribution < 1.29 is 23.5 Å². The zero-order valence-corrected chi connectivity index (χ0v) is 14.9. The minimum Gasteiger partial charge on any atom is -0.453 e. The van der Waals surface area contributed by atoms with Crippen LogP contribution in [0.1, 0.15) is 27.6 Å². The predicted octanol–water partition coefficient (Wildman–Crippen LogP) is 3.13. The lowest BCUT2D eigenvalue weighted by atomic mass is 10.1. The van der Waals surface area contributed by atoms with Gasteiger partial charge in [0, 0.05) is 10.0 Å². The Bertz CT molecular complexity index is 792. The maximum Gasteiger partial charge on any atom is 0.326 e. The molecule has 1 amide bonds. The number of Topliss-reactive ketones (excluding diaryl/α,β-unsaturated/α-hetero) is 1. The molecule has 0 radical (unpaired) electrons. The Hall–Kier alpha value is -2.54. The van der Waals surface area contributed by atoms with Gasteiger partial charge in [0.2, 0.25) is 5.78 Å². The fourth-order valence-electron chi connectivity index (χ4n) is 2.03. The number of halogens is 2. The fourth-order valence-corrected chi connectivity index (χ4v) is 2.50. The van der Waals surface area contributed by atoms with E-state index in [0.717, 1.165) is 12.1 Å². The Balaban J connectivity index is 1.87. The van der Waals surface area contributed by atoms with E-state index in [1.807, 2.05) is 0 Å². The molecule has 7 heteroatoms. The summed E-state index contributed by atoms with van der Waals surface area (Å²) in [4.78, 5) is 35.9. The average Bonchev–Trinajstić information content (AvgIpc) is 2.60. The van der Waals surface area contributed by atoms with Gasteiger partial charge in [-0.05, 0) is 59.3 Å². The zero-order chi connectivity index (χ0) is 18.4. The van der Waals surface area contributed by atoms with Crippen LogP contribution in [0.2, 0.25) is 0 Å². The Morgan fingerprint density at radius 2 is 1.76 bits per heavy atom. The molecule has 0 saturated carbocycles. The van der Waals surface area contributed by atoms with Crippen molar-refractivity contribution in [1.82, 2.24) is 5.32 Å².